The van der Waals surface area contributed by atoms with Crippen molar-refractivity contribution in [3.8, 4) is 0 Å². The third-order valence-electron chi connectivity index (χ3n) is 3.05. The van der Waals surface area contributed by atoms with E-state index in [1.807, 2.05) is 6.92 Å². The highest BCUT2D eigenvalue weighted by Crippen LogP contribution is 2.21. The summed E-state index contributed by atoms with van der Waals surface area (Å²) in [7, 11) is -2.40. The second-order valence-electron chi connectivity index (χ2n) is 4.20. The van der Waals surface area contributed by atoms with E-state index in [1.54, 1.807) is 6.92 Å². The molecule has 0 saturated carbocycles. The number of aliphatic hydroxyl groups is 1. The van der Waals surface area contributed by atoms with Crippen LogP contribution in [0.2, 0.25) is 0 Å². The van der Waals surface area contributed by atoms with Crippen molar-refractivity contribution < 1.29 is 17.9 Å². The summed E-state index contributed by atoms with van der Waals surface area (Å²) in [4.78, 5) is -0.359. The Morgan fingerprint density at radius 3 is 2.50 bits per heavy atom. The minimum Gasteiger partial charge on any atom is -0.392 e. The highest BCUT2D eigenvalue weighted by atomic mass is 32.2. The van der Waals surface area contributed by atoms with E-state index < -0.39 is 15.8 Å². The quantitative estimate of drug-likeness (QED) is 0.890. The number of hydrogen-bond donors (Lipinski definition) is 1. The van der Waals surface area contributed by atoms with Gasteiger partial charge in [0.15, 0.2) is 0 Å². The molecule has 1 unspecified atom stereocenters. The largest absolute Gasteiger partial charge is 0.392 e. The first-order valence-electron chi connectivity index (χ1n) is 5.71. The van der Waals surface area contributed by atoms with Crippen LogP contribution in [0.3, 0.4) is 0 Å². The van der Waals surface area contributed by atoms with Gasteiger partial charge in [-0.1, -0.05) is 13.0 Å². The molecule has 1 aromatic carbocycles. The molecule has 1 aromatic rings. The number of hydrogen-bond acceptors (Lipinski definition) is 3. The fourth-order valence-electron chi connectivity index (χ4n) is 1.50. The van der Waals surface area contributed by atoms with Crippen molar-refractivity contribution in [3.05, 3.63) is 29.6 Å². The minimum absolute atomic E-state index is 0.202. The SMILES string of the molecule is CCC(C)N(C)S(=O)(=O)c1ccc(CO)cc1F. The Balaban J connectivity index is 3.21. The van der Waals surface area contributed by atoms with Gasteiger partial charge in [0.1, 0.15) is 10.7 Å². The number of rotatable bonds is 5. The molecular weight excluding hydrogens is 257 g/mol. The summed E-state index contributed by atoms with van der Waals surface area (Å²) in [6.07, 6.45) is 0.645. The Hall–Kier alpha value is -0.980. The van der Waals surface area contributed by atoms with Crippen molar-refractivity contribution >= 4 is 10.0 Å². The van der Waals surface area contributed by atoms with Gasteiger partial charge >= 0.3 is 0 Å². The highest BCUT2D eigenvalue weighted by Gasteiger charge is 2.27. The Morgan fingerprint density at radius 1 is 1.44 bits per heavy atom. The van der Waals surface area contributed by atoms with Gasteiger partial charge < -0.3 is 5.11 Å². The van der Waals surface area contributed by atoms with E-state index in [9.17, 15) is 12.8 Å². The molecule has 102 valence electrons. The van der Waals surface area contributed by atoms with Crippen LogP contribution < -0.4 is 0 Å². The zero-order chi connectivity index (χ0) is 13.9. The third-order valence-corrected chi connectivity index (χ3v) is 5.05. The van der Waals surface area contributed by atoms with Crippen molar-refractivity contribution in [2.24, 2.45) is 0 Å². The number of nitrogens with zero attached hydrogens (tertiary/aromatic N) is 1. The van der Waals surface area contributed by atoms with Crippen LogP contribution >= 0.6 is 0 Å². The zero-order valence-electron chi connectivity index (χ0n) is 10.7. The van der Waals surface area contributed by atoms with Gasteiger partial charge in [0.25, 0.3) is 0 Å². The number of halogens is 1. The monoisotopic (exact) mass is 275 g/mol. The van der Waals surface area contributed by atoms with Crippen molar-refractivity contribution in [2.75, 3.05) is 7.05 Å². The lowest BCUT2D eigenvalue weighted by Gasteiger charge is -2.23. The van der Waals surface area contributed by atoms with Crippen molar-refractivity contribution in [1.82, 2.24) is 4.31 Å². The van der Waals surface area contributed by atoms with Crippen LogP contribution in [-0.4, -0.2) is 30.9 Å². The lowest BCUT2D eigenvalue weighted by molar-refractivity contribution is 0.281. The molecule has 0 spiro atoms. The normalized spacial score (nSPS) is 13.9. The molecule has 0 heterocycles. The first-order valence-corrected chi connectivity index (χ1v) is 7.16. The summed E-state index contributed by atoms with van der Waals surface area (Å²) >= 11 is 0. The summed E-state index contributed by atoms with van der Waals surface area (Å²) < 4.78 is 39.3. The molecule has 0 aliphatic rings. The maximum absolute atomic E-state index is 13.7. The Labute approximate surface area is 107 Å². The summed E-state index contributed by atoms with van der Waals surface area (Å²) in [6.45, 7) is 3.30. The standard InChI is InChI=1S/C12H18FNO3S/c1-4-9(2)14(3)18(16,17)12-6-5-10(8-15)7-11(12)13/h5-7,9,15H,4,8H2,1-3H3. The molecule has 0 bridgehead atoms. The van der Waals surface area contributed by atoms with E-state index >= 15 is 0 Å². The molecule has 1 rings (SSSR count). The van der Waals surface area contributed by atoms with E-state index in [-0.39, 0.29) is 17.5 Å². The fourth-order valence-corrected chi connectivity index (χ4v) is 2.98. The third kappa shape index (κ3) is 2.88. The van der Waals surface area contributed by atoms with Crippen LogP contribution in [0.15, 0.2) is 23.1 Å². The van der Waals surface area contributed by atoms with Gasteiger partial charge in [-0.25, -0.2) is 12.8 Å². The fraction of sp³-hybridized carbons (Fsp3) is 0.500. The molecule has 6 heteroatoms. The Bertz CT molecular complexity index is 516. The second kappa shape index (κ2) is 5.77. The van der Waals surface area contributed by atoms with Gasteiger partial charge in [-0.05, 0) is 31.0 Å². The van der Waals surface area contributed by atoms with E-state index in [2.05, 4.69) is 0 Å². The Morgan fingerprint density at radius 2 is 2.06 bits per heavy atom. The molecule has 0 radical (unpaired) electrons. The van der Waals surface area contributed by atoms with Gasteiger partial charge in [0.2, 0.25) is 10.0 Å². The molecular formula is C12H18FNO3S. The molecule has 0 aromatic heterocycles. The van der Waals surface area contributed by atoms with Crippen LogP contribution in [0, 0.1) is 5.82 Å². The minimum atomic E-state index is -3.83. The lowest BCUT2D eigenvalue weighted by Crippen LogP contribution is -2.35. The summed E-state index contributed by atoms with van der Waals surface area (Å²) in [5, 5.41) is 8.86. The molecule has 0 aliphatic carbocycles. The van der Waals surface area contributed by atoms with Gasteiger partial charge in [0, 0.05) is 13.1 Å². The topological polar surface area (TPSA) is 57.6 Å². The lowest BCUT2D eigenvalue weighted by atomic mass is 10.2. The Kier molecular flexibility index (Phi) is 4.84. The first-order chi connectivity index (χ1) is 8.34. The number of benzene rings is 1. The van der Waals surface area contributed by atoms with Crippen LogP contribution in [0.1, 0.15) is 25.8 Å². The van der Waals surface area contributed by atoms with E-state index in [1.165, 1.54) is 19.2 Å². The maximum Gasteiger partial charge on any atom is 0.245 e. The summed E-state index contributed by atoms with van der Waals surface area (Å²) in [5.74, 6) is -0.836. The molecule has 0 fully saturated rings. The van der Waals surface area contributed by atoms with Gasteiger partial charge in [-0.15, -0.1) is 0 Å². The van der Waals surface area contributed by atoms with Gasteiger partial charge in [0.05, 0.1) is 6.61 Å². The molecule has 0 saturated heterocycles. The summed E-state index contributed by atoms with van der Waals surface area (Å²) in [6, 6.07) is 3.43. The zero-order valence-corrected chi connectivity index (χ0v) is 11.5. The molecule has 0 aliphatic heterocycles. The van der Waals surface area contributed by atoms with Crippen molar-refractivity contribution in [2.45, 2.75) is 37.8 Å². The average Bonchev–Trinajstić information content (AvgIpc) is 2.36. The number of aliphatic hydroxyl groups excluding tert-OH is 1. The molecule has 4 nitrogen and oxygen atoms in total. The highest BCUT2D eigenvalue weighted by molar-refractivity contribution is 7.89. The van der Waals surface area contributed by atoms with E-state index in [0.717, 1.165) is 10.4 Å². The van der Waals surface area contributed by atoms with Gasteiger partial charge in [-0.3, -0.25) is 0 Å². The van der Waals surface area contributed by atoms with Crippen LogP contribution in [0.25, 0.3) is 0 Å². The van der Waals surface area contributed by atoms with E-state index in [0.29, 0.717) is 12.0 Å². The van der Waals surface area contributed by atoms with Crippen LogP contribution in [0.5, 0.6) is 0 Å². The summed E-state index contributed by atoms with van der Waals surface area (Å²) in [5.41, 5.74) is 0.345. The molecule has 1 N–H and O–H groups in total. The van der Waals surface area contributed by atoms with Crippen LogP contribution in [-0.2, 0) is 16.6 Å². The first kappa shape index (κ1) is 15.1. The van der Waals surface area contributed by atoms with Crippen molar-refractivity contribution in [3.63, 3.8) is 0 Å². The maximum atomic E-state index is 13.7. The predicted octanol–water partition coefficient (Wildman–Crippen LogP) is 1.74. The molecule has 18 heavy (non-hydrogen) atoms. The van der Waals surface area contributed by atoms with E-state index in [4.69, 9.17) is 5.11 Å². The van der Waals surface area contributed by atoms with Gasteiger partial charge in [-0.2, -0.15) is 4.31 Å². The molecule has 1 atom stereocenters. The number of sulfonamides is 1. The smallest absolute Gasteiger partial charge is 0.245 e. The average molecular weight is 275 g/mol. The van der Waals surface area contributed by atoms with Crippen LogP contribution in [0.4, 0.5) is 4.39 Å². The molecule has 0 amide bonds. The predicted molar refractivity (Wildman–Crippen MR) is 67.0 cm³/mol. The second-order valence-corrected chi connectivity index (χ2v) is 6.17. The van der Waals surface area contributed by atoms with Crippen molar-refractivity contribution in [1.29, 1.82) is 0 Å².